The summed E-state index contributed by atoms with van der Waals surface area (Å²) in [6, 6.07) is 5.80. The fourth-order valence-corrected chi connectivity index (χ4v) is 1.64. The predicted molar refractivity (Wildman–Crippen MR) is 66.6 cm³/mol. The van der Waals surface area contributed by atoms with Crippen molar-refractivity contribution in [1.29, 1.82) is 0 Å². The second-order valence-electron chi connectivity index (χ2n) is 3.29. The number of benzene rings is 1. The molecule has 1 unspecified atom stereocenters. The molecule has 1 atom stereocenters. The largest absolute Gasteiger partial charge is 0.497 e. The van der Waals surface area contributed by atoms with E-state index < -0.39 is 0 Å². The van der Waals surface area contributed by atoms with Gasteiger partial charge in [0.2, 0.25) is 0 Å². The molecule has 0 aliphatic carbocycles. The Labute approximate surface area is 105 Å². The van der Waals surface area contributed by atoms with E-state index in [1.54, 1.807) is 7.11 Å². The SMILES string of the molecule is CCOC(C)OCc1cc(OC)ccc1Br. The Bertz CT molecular complexity index is 328. The number of ether oxygens (including phenoxy) is 3. The van der Waals surface area contributed by atoms with Crippen LogP contribution in [0.3, 0.4) is 0 Å². The molecule has 0 aliphatic rings. The lowest BCUT2D eigenvalue weighted by molar-refractivity contribution is -0.134. The van der Waals surface area contributed by atoms with Gasteiger partial charge in [0.15, 0.2) is 6.29 Å². The van der Waals surface area contributed by atoms with Gasteiger partial charge in [0.1, 0.15) is 5.75 Å². The van der Waals surface area contributed by atoms with Crippen molar-refractivity contribution < 1.29 is 14.2 Å². The van der Waals surface area contributed by atoms with E-state index in [0.29, 0.717) is 13.2 Å². The highest BCUT2D eigenvalue weighted by Gasteiger charge is 2.05. The second-order valence-corrected chi connectivity index (χ2v) is 4.15. The fraction of sp³-hybridized carbons (Fsp3) is 0.500. The maximum absolute atomic E-state index is 5.54. The second kappa shape index (κ2) is 6.89. The minimum Gasteiger partial charge on any atom is -0.497 e. The first-order chi connectivity index (χ1) is 7.67. The molecule has 0 aliphatic heterocycles. The molecule has 0 amide bonds. The molecule has 4 heteroatoms. The van der Waals surface area contributed by atoms with Crippen molar-refractivity contribution in [2.24, 2.45) is 0 Å². The average molecular weight is 289 g/mol. The molecule has 0 N–H and O–H groups in total. The van der Waals surface area contributed by atoms with Crippen LogP contribution in [-0.4, -0.2) is 20.0 Å². The molecule has 0 radical (unpaired) electrons. The fourth-order valence-electron chi connectivity index (χ4n) is 1.28. The van der Waals surface area contributed by atoms with Crippen LogP contribution in [-0.2, 0) is 16.1 Å². The van der Waals surface area contributed by atoms with E-state index in [1.165, 1.54) is 0 Å². The summed E-state index contributed by atoms with van der Waals surface area (Å²) < 4.78 is 17.0. The van der Waals surface area contributed by atoms with Crippen LogP contribution in [0.25, 0.3) is 0 Å². The summed E-state index contributed by atoms with van der Waals surface area (Å²) in [7, 11) is 1.65. The summed E-state index contributed by atoms with van der Waals surface area (Å²) in [5, 5.41) is 0. The Morgan fingerprint density at radius 1 is 1.31 bits per heavy atom. The third kappa shape index (κ3) is 4.12. The van der Waals surface area contributed by atoms with Crippen molar-refractivity contribution in [2.75, 3.05) is 13.7 Å². The number of hydrogen-bond donors (Lipinski definition) is 0. The lowest BCUT2D eigenvalue weighted by Crippen LogP contribution is -2.12. The van der Waals surface area contributed by atoms with Gasteiger partial charge >= 0.3 is 0 Å². The smallest absolute Gasteiger partial charge is 0.155 e. The summed E-state index contributed by atoms with van der Waals surface area (Å²) in [4.78, 5) is 0. The van der Waals surface area contributed by atoms with E-state index in [2.05, 4.69) is 15.9 Å². The van der Waals surface area contributed by atoms with Gasteiger partial charge in [0.05, 0.1) is 13.7 Å². The van der Waals surface area contributed by atoms with Crippen molar-refractivity contribution in [1.82, 2.24) is 0 Å². The molecule has 3 nitrogen and oxygen atoms in total. The van der Waals surface area contributed by atoms with Gasteiger partial charge in [-0.1, -0.05) is 15.9 Å². The Morgan fingerprint density at radius 2 is 2.06 bits per heavy atom. The zero-order chi connectivity index (χ0) is 12.0. The monoisotopic (exact) mass is 288 g/mol. The first kappa shape index (κ1) is 13.5. The number of hydrogen-bond acceptors (Lipinski definition) is 3. The zero-order valence-corrected chi connectivity index (χ0v) is 11.4. The van der Waals surface area contributed by atoms with Gasteiger partial charge < -0.3 is 14.2 Å². The molecule has 16 heavy (non-hydrogen) atoms. The zero-order valence-electron chi connectivity index (χ0n) is 9.83. The van der Waals surface area contributed by atoms with Crippen molar-refractivity contribution in [2.45, 2.75) is 26.7 Å². The van der Waals surface area contributed by atoms with E-state index in [1.807, 2.05) is 32.0 Å². The molecule has 0 heterocycles. The van der Waals surface area contributed by atoms with Gasteiger partial charge in [-0.15, -0.1) is 0 Å². The minimum atomic E-state index is -0.192. The van der Waals surface area contributed by atoms with E-state index in [9.17, 15) is 0 Å². The third-order valence-corrected chi connectivity index (χ3v) is 2.90. The highest BCUT2D eigenvalue weighted by molar-refractivity contribution is 9.10. The van der Waals surface area contributed by atoms with Crippen LogP contribution < -0.4 is 4.74 Å². The lowest BCUT2D eigenvalue weighted by Gasteiger charge is -2.14. The van der Waals surface area contributed by atoms with Crippen LogP contribution in [0, 0.1) is 0 Å². The molecule has 0 spiro atoms. The van der Waals surface area contributed by atoms with Crippen LogP contribution in [0.5, 0.6) is 5.75 Å². The molecule has 1 rings (SSSR count). The van der Waals surface area contributed by atoms with Gasteiger partial charge in [-0.3, -0.25) is 0 Å². The summed E-state index contributed by atoms with van der Waals surface area (Å²) >= 11 is 3.47. The molecule has 1 aromatic carbocycles. The molecular formula is C12H17BrO3. The van der Waals surface area contributed by atoms with Crippen LogP contribution in [0.15, 0.2) is 22.7 Å². The number of halogens is 1. The van der Waals surface area contributed by atoms with E-state index in [4.69, 9.17) is 14.2 Å². The molecule has 0 saturated heterocycles. The predicted octanol–water partition coefficient (Wildman–Crippen LogP) is 3.36. The molecule has 0 aromatic heterocycles. The summed E-state index contributed by atoms with van der Waals surface area (Å²) in [6.07, 6.45) is -0.192. The van der Waals surface area contributed by atoms with E-state index in [-0.39, 0.29) is 6.29 Å². The average Bonchev–Trinajstić information content (AvgIpc) is 2.28. The van der Waals surface area contributed by atoms with Crippen LogP contribution in [0.2, 0.25) is 0 Å². The topological polar surface area (TPSA) is 27.7 Å². The molecule has 90 valence electrons. The molecule has 0 bridgehead atoms. The normalized spacial score (nSPS) is 12.5. The lowest BCUT2D eigenvalue weighted by atomic mass is 10.2. The Kier molecular flexibility index (Phi) is 5.80. The van der Waals surface area contributed by atoms with Gasteiger partial charge in [-0.25, -0.2) is 0 Å². The van der Waals surface area contributed by atoms with Crippen LogP contribution >= 0.6 is 15.9 Å². The third-order valence-electron chi connectivity index (χ3n) is 2.13. The van der Waals surface area contributed by atoms with Gasteiger partial charge in [-0.05, 0) is 37.6 Å². The highest BCUT2D eigenvalue weighted by Crippen LogP contribution is 2.23. The Hall–Kier alpha value is -0.580. The number of rotatable bonds is 6. The van der Waals surface area contributed by atoms with Crippen molar-refractivity contribution in [3.05, 3.63) is 28.2 Å². The Balaban J connectivity index is 2.58. The number of methoxy groups -OCH3 is 1. The maximum Gasteiger partial charge on any atom is 0.155 e. The van der Waals surface area contributed by atoms with E-state index >= 15 is 0 Å². The summed E-state index contributed by atoms with van der Waals surface area (Å²) in [5.74, 6) is 0.825. The first-order valence-electron chi connectivity index (χ1n) is 5.23. The van der Waals surface area contributed by atoms with E-state index in [0.717, 1.165) is 15.8 Å². The van der Waals surface area contributed by atoms with Gasteiger partial charge in [0, 0.05) is 11.1 Å². The highest BCUT2D eigenvalue weighted by atomic mass is 79.9. The van der Waals surface area contributed by atoms with Gasteiger partial charge in [-0.2, -0.15) is 0 Å². The molecule has 0 fully saturated rings. The van der Waals surface area contributed by atoms with Crippen molar-refractivity contribution >= 4 is 15.9 Å². The van der Waals surface area contributed by atoms with Crippen molar-refractivity contribution in [3.63, 3.8) is 0 Å². The van der Waals surface area contributed by atoms with Crippen LogP contribution in [0.4, 0.5) is 0 Å². The standard InChI is InChI=1S/C12H17BrO3/c1-4-15-9(2)16-8-10-7-11(14-3)5-6-12(10)13/h5-7,9H,4,8H2,1-3H3. The first-order valence-corrected chi connectivity index (χ1v) is 6.02. The van der Waals surface area contributed by atoms with Crippen LogP contribution in [0.1, 0.15) is 19.4 Å². The minimum absolute atomic E-state index is 0.192. The van der Waals surface area contributed by atoms with Gasteiger partial charge in [0.25, 0.3) is 0 Å². The Morgan fingerprint density at radius 3 is 2.69 bits per heavy atom. The quantitative estimate of drug-likeness (QED) is 0.752. The summed E-state index contributed by atoms with van der Waals surface area (Å²) in [5.41, 5.74) is 1.05. The molecule has 0 saturated carbocycles. The summed E-state index contributed by atoms with van der Waals surface area (Å²) in [6.45, 7) is 4.98. The maximum atomic E-state index is 5.54. The van der Waals surface area contributed by atoms with Crippen molar-refractivity contribution in [3.8, 4) is 5.75 Å². The molecular weight excluding hydrogens is 272 g/mol. The molecule has 1 aromatic rings.